The van der Waals surface area contributed by atoms with Crippen LogP contribution in [0.1, 0.15) is 75.9 Å². The first kappa shape index (κ1) is 18.6. The van der Waals surface area contributed by atoms with Gasteiger partial charge in [0.15, 0.2) is 0 Å². The van der Waals surface area contributed by atoms with Crippen molar-refractivity contribution in [2.24, 2.45) is 11.8 Å². The molecule has 4 aliphatic rings. The van der Waals surface area contributed by atoms with Crippen molar-refractivity contribution in [1.82, 2.24) is 14.5 Å². The first-order chi connectivity index (χ1) is 14.7. The number of hydrogen-bond acceptors (Lipinski definition) is 4. The number of rotatable bonds is 2. The molecule has 30 heavy (non-hydrogen) atoms. The molecule has 4 bridgehead atoms. The summed E-state index contributed by atoms with van der Waals surface area (Å²) in [5.74, 6) is 1.83. The summed E-state index contributed by atoms with van der Waals surface area (Å²) in [5, 5.41) is 9.54. The van der Waals surface area contributed by atoms with Gasteiger partial charge in [-0.05, 0) is 62.5 Å². The largest absolute Gasteiger partial charge is 0.300 e. The second-order valence-corrected chi connectivity index (χ2v) is 10.2. The van der Waals surface area contributed by atoms with Crippen LogP contribution in [-0.2, 0) is 0 Å². The zero-order chi connectivity index (χ0) is 20.2. The number of piperidine rings is 1. The summed E-state index contributed by atoms with van der Waals surface area (Å²) in [6, 6.07) is 11.7. The first-order valence-corrected chi connectivity index (χ1v) is 11.9. The molecule has 4 fully saturated rings. The highest BCUT2D eigenvalue weighted by atomic mass is 16.1. The summed E-state index contributed by atoms with van der Waals surface area (Å²) in [6.45, 7) is 0. The van der Waals surface area contributed by atoms with E-state index in [9.17, 15) is 10.1 Å². The Balaban J connectivity index is 1.41. The summed E-state index contributed by atoms with van der Waals surface area (Å²) in [7, 11) is 0. The van der Waals surface area contributed by atoms with E-state index >= 15 is 0 Å². The molecule has 1 aromatic carbocycles. The molecule has 0 radical (unpaired) electrons. The second-order valence-electron chi connectivity index (χ2n) is 10.2. The molecule has 0 spiro atoms. The maximum atomic E-state index is 13.3. The Morgan fingerprint density at radius 2 is 1.67 bits per heavy atom. The van der Waals surface area contributed by atoms with Crippen LogP contribution < -0.4 is 5.56 Å². The van der Waals surface area contributed by atoms with Gasteiger partial charge < -0.3 is 0 Å². The van der Waals surface area contributed by atoms with E-state index in [1.165, 1.54) is 51.4 Å². The lowest BCUT2D eigenvalue weighted by atomic mass is 9.69. The van der Waals surface area contributed by atoms with Gasteiger partial charge in [0.25, 0.3) is 5.56 Å². The molecule has 2 aromatic rings. The van der Waals surface area contributed by atoms with E-state index in [1.807, 2.05) is 28.8 Å². The molecule has 1 aromatic heterocycles. The van der Waals surface area contributed by atoms with E-state index in [-0.39, 0.29) is 17.3 Å². The van der Waals surface area contributed by atoms with E-state index in [0.717, 1.165) is 35.7 Å². The summed E-state index contributed by atoms with van der Waals surface area (Å²) < 4.78 is 1.95. The SMILES string of the molecule is N#Cc1nc2ccccc2n([C@@H]2C[C@@H]3CCC[C@H]2N3C2CC3CCCC(C3)C2)c1=O. The fraction of sp³-hybridized carbons (Fsp3) is 0.640. The maximum absolute atomic E-state index is 13.3. The van der Waals surface area contributed by atoms with E-state index in [0.29, 0.717) is 18.1 Å². The molecular weight excluding hydrogens is 372 g/mol. The zero-order valence-electron chi connectivity index (χ0n) is 17.5. The Kier molecular flexibility index (Phi) is 4.46. The minimum Gasteiger partial charge on any atom is -0.300 e. The molecule has 2 aliphatic heterocycles. The maximum Gasteiger partial charge on any atom is 0.288 e. The van der Waals surface area contributed by atoms with Gasteiger partial charge >= 0.3 is 0 Å². The van der Waals surface area contributed by atoms with Crippen molar-refractivity contribution in [3.8, 4) is 6.07 Å². The van der Waals surface area contributed by atoms with Crippen LogP contribution >= 0.6 is 0 Å². The van der Waals surface area contributed by atoms with Crippen molar-refractivity contribution in [2.45, 2.75) is 88.4 Å². The summed E-state index contributed by atoms with van der Waals surface area (Å²) in [4.78, 5) is 20.5. The van der Waals surface area contributed by atoms with Crippen LogP contribution in [0.5, 0.6) is 0 Å². The Morgan fingerprint density at radius 1 is 0.900 bits per heavy atom. The zero-order valence-corrected chi connectivity index (χ0v) is 17.5. The molecule has 156 valence electrons. The quantitative estimate of drug-likeness (QED) is 0.747. The predicted octanol–water partition coefficient (Wildman–Crippen LogP) is 4.40. The minimum absolute atomic E-state index is 0.0360. The van der Waals surface area contributed by atoms with E-state index < -0.39 is 0 Å². The lowest BCUT2D eigenvalue weighted by molar-refractivity contribution is 0.0158. The third kappa shape index (κ3) is 2.84. The second kappa shape index (κ2) is 7.20. The fourth-order valence-corrected chi connectivity index (χ4v) is 7.54. The van der Waals surface area contributed by atoms with Gasteiger partial charge in [-0.2, -0.15) is 5.26 Å². The molecule has 2 saturated carbocycles. The average Bonchev–Trinajstić information content (AvgIpc) is 2.98. The average molecular weight is 403 g/mol. The molecular formula is C25H30N4O. The summed E-state index contributed by atoms with van der Waals surface area (Å²) in [5.41, 5.74) is 1.48. The molecule has 2 unspecified atom stereocenters. The van der Waals surface area contributed by atoms with E-state index in [1.54, 1.807) is 0 Å². The van der Waals surface area contributed by atoms with Crippen molar-refractivity contribution in [3.63, 3.8) is 0 Å². The Hall–Kier alpha value is -2.19. The van der Waals surface area contributed by atoms with Gasteiger partial charge in [-0.1, -0.05) is 37.8 Å². The topological polar surface area (TPSA) is 61.9 Å². The highest BCUT2D eigenvalue weighted by Crippen LogP contribution is 2.49. The van der Waals surface area contributed by atoms with Crippen molar-refractivity contribution >= 4 is 11.0 Å². The molecule has 0 amide bonds. The predicted molar refractivity (Wildman–Crippen MR) is 116 cm³/mol. The highest BCUT2D eigenvalue weighted by molar-refractivity contribution is 5.75. The molecule has 2 aliphatic carbocycles. The van der Waals surface area contributed by atoms with Gasteiger partial charge in [0.2, 0.25) is 5.69 Å². The van der Waals surface area contributed by atoms with Crippen molar-refractivity contribution < 1.29 is 0 Å². The van der Waals surface area contributed by atoms with Crippen molar-refractivity contribution in [2.75, 3.05) is 0 Å². The first-order valence-electron chi connectivity index (χ1n) is 11.9. The fourth-order valence-electron chi connectivity index (χ4n) is 7.54. The van der Waals surface area contributed by atoms with Gasteiger partial charge in [-0.3, -0.25) is 14.3 Å². The van der Waals surface area contributed by atoms with Gasteiger partial charge in [0.1, 0.15) is 6.07 Å². The number of fused-ring (bicyclic) bond motifs is 5. The van der Waals surface area contributed by atoms with Crippen LogP contribution in [0.3, 0.4) is 0 Å². The van der Waals surface area contributed by atoms with E-state index in [2.05, 4.69) is 16.0 Å². The molecule has 5 nitrogen and oxygen atoms in total. The van der Waals surface area contributed by atoms with Gasteiger partial charge in [-0.25, -0.2) is 4.98 Å². The summed E-state index contributed by atoms with van der Waals surface area (Å²) >= 11 is 0. The number of nitriles is 1. The number of aromatic nitrogens is 2. The number of para-hydroxylation sites is 2. The normalized spacial score (nSPS) is 36.0. The summed E-state index contributed by atoms with van der Waals surface area (Å²) in [6.07, 6.45) is 13.1. The molecule has 2 saturated heterocycles. The van der Waals surface area contributed by atoms with Crippen LogP contribution in [0.15, 0.2) is 29.1 Å². The Morgan fingerprint density at radius 3 is 2.47 bits per heavy atom. The lowest BCUT2D eigenvalue weighted by Crippen LogP contribution is -2.51. The van der Waals surface area contributed by atoms with Crippen LogP contribution in [0.2, 0.25) is 0 Å². The standard InChI is InChI=1S/C25H30N4O/c26-15-21-25(30)29(22-9-2-1-8-20(22)27-21)24-14-18-7-4-10-23(24)28(18)19-12-16-5-3-6-17(11-16)13-19/h1-2,8-9,16-19,23-24H,3-7,10-14H2/t16?,17?,18-,19?,23+,24+/m0/s1. The Bertz CT molecular complexity index is 1060. The third-order valence-electron chi connectivity index (χ3n) is 8.56. The molecule has 5 atom stereocenters. The lowest BCUT2D eigenvalue weighted by Gasteiger charge is -2.48. The van der Waals surface area contributed by atoms with Gasteiger partial charge in [0.05, 0.1) is 17.1 Å². The van der Waals surface area contributed by atoms with Crippen LogP contribution in [0.25, 0.3) is 11.0 Å². The minimum atomic E-state index is -0.200. The van der Waals surface area contributed by atoms with Crippen molar-refractivity contribution in [3.05, 3.63) is 40.3 Å². The van der Waals surface area contributed by atoms with Gasteiger partial charge in [0, 0.05) is 18.1 Å². The highest BCUT2D eigenvalue weighted by Gasteiger charge is 2.49. The third-order valence-corrected chi connectivity index (χ3v) is 8.56. The van der Waals surface area contributed by atoms with Crippen LogP contribution in [-0.4, -0.2) is 32.6 Å². The van der Waals surface area contributed by atoms with Gasteiger partial charge in [-0.15, -0.1) is 0 Å². The number of benzene rings is 1. The van der Waals surface area contributed by atoms with E-state index in [4.69, 9.17) is 0 Å². The van der Waals surface area contributed by atoms with Crippen molar-refractivity contribution in [1.29, 1.82) is 5.26 Å². The molecule has 6 rings (SSSR count). The number of hydrogen-bond donors (Lipinski definition) is 0. The van der Waals surface area contributed by atoms with Crippen LogP contribution in [0, 0.1) is 23.2 Å². The smallest absolute Gasteiger partial charge is 0.288 e. The molecule has 0 N–H and O–H groups in total. The Labute approximate surface area is 177 Å². The molecule has 5 heteroatoms. The number of nitrogens with zero attached hydrogens (tertiary/aromatic N) is 4. The van der Waals surface area contributed by atoms with Crippen LogP contribution in [0.4, 0.5) is 0 Å². The monoisotopic (exact) mass is 402 g/mol. The molecule has 3 heterocycles.